The summed E-state index contributed by atoms with van der Waals surface area (Å²) < 4.78 is 5.25. The minimum Gasteiger partial charge on any atom is -0.339 e. The predicted molar refractivity (Wildman–Crippen MR) is 100 cm³/mol. The zero-order valence-corrected chi connectivity index (χ0v) is 15.4. The van der Waals surface area contributed by atoms with Crippen LogP contribution in [0.25, 0.3) is 22.1 Å². The fourth-order valence-corrected chi connectivity index (χ4v) is 3.32. The summed E-state index contributed by atoms with van der Waals surface area (Å²) in [5, 5.41) is 13.7. The van der Waals surface area contributed by atoms with Crippen molar-refractivity contribution < 1.29 is 9.32 Å². The van der Waals surface area contributed by atoms with Crippen molar-refractivity contribution in [3.8, 4) is 22.1 Å². The fourth-order valence-electron chi connectivity index (χ4n) is 2.49. The highest BCUT2D eigenvalue weighted by Crippen LogP contribution is 2.26. The van der Waals surface area contributed by atoms with Gasteiger partial charge in [-0.1, -0.05) is 11.2 Å². The van der Waals surface area contributed by atoms with Crippen LogP contribution in [0.15, 0.2) is 47.1 Å². The van der Waals surface area contributed by atoms with E-state index in [0.717, 1.165) is 10.6 Å². The number of amides is 1. The monoisotopic (exact) mass is 380 g/mol. The van der Waals surface area contributed by atoms with Gasteiger partial charge in [-0.2, -0.15) is 10.1 Å². The van der Waals surface area contributed by atoms with Gasteiger partial charge >= 0.3 is 0 Å². The molecule has 0 aliphatic heterocycles. The van der Waals surface area contributed by atoms with E-state index in [1.54, 1.807) is 36.6 Å². The van der Waals surface area contributed by atoms with Gasteiger partial charge < -0.3 is 9.84 Å². The quantitative estimate of drug-likeness (QED) is 0.549. The van der Waals surface area contributed by atoms with Gasteiger partial charge in [-0.25, -0.2) is 0 Å². The van der Waals surface area contributed by atoms with Crippen LogP contribution in [-0.4, -0.2) is 31.2 Å². The van der Waals surface area contributed by atoms with Crippen molar-refractivity contribution in [2.45, 2.75) is 19.9 Å². The van der Waals surface area contributed by atoms with Crippen molar-refractivity contribution in [2.75, 3.05) is 0 Å². The van der Waals surface area contributed by atoms with Crippen LogP contribution in [0, 0.1) is 6.92 Å². The Kier molecular flexibility index (Phi) is 4.51. The summed E-state index contributed by atoms with van der Waals surface area (Å²) in [6.45, 7) is 3.80. The van der Waals surface area contributed by atoms with Gasteiger partial charge in [0.25, 0.3) is 5.91 Å². The molecule has 4 aromatic rings. The van der Waals surface area contributed by atoms with E-state index in [-0.39, 0.29) is 5.91 Å². The topological polar surface area (TPSA) is 110 Å². The molecule has 0 unspecified atom stereocenters. The summed E-state index contributed by atoms with van der Waals surface area (Å²) in [6, 6.07) is 10.7. The Balaban J connectivity index is 1.45. The largest absolute Gasteiger partial charge is 0.339 e. The lowest BCUT2D eigenvalue weighted by Gasteiger charge is -2.07. The van der Waals surface area contributed by atoms with Crippen LogP contribution < -0.4 is 5.32 Å². The number of pyridine rings is 1. The molecular weight excluding hydrogens is 364 g/mol. The number of thiophene rings is 1. The van der Waals surface area contributed by atoms with Crippen LogP contribution in [0.4, 0.5) is 0 Å². The number of rotatable bonds is 5. The van der Waals surface area contributed by atoms with Gasteiger partial charge in [0.1, 0.15) is 11.7 Å². The van der Waals surface area contributed by atoms with Gasteiger partial charge in [-0.15, -0.1) is 11.3 Å². The molecule has 0 aromatic carbocycles. The number of aryl methyl sites for hydroxylation is 1. The normalized spacial score (nSPS) is 12.1. The highest BCUT2D eigenvalue weighted by atomic mass is 32.1. The van der Waals surface area contributed by atoms with E-state index in [4.69, 9.17) is 4.52 Å². The summed E-state index contributed by atoms with van der Waals surface area (Å²) in [5.41, 5.74) is 1.71. The molecular formula is C18H16N6O2S. The molecule has 4 heterocycles. The maximum Gasteiger partial charge on any atom is 0.272 e. The fraction of sp³-hybridized carbons (Fsp3) is 0.167. The third-order valence-corrected chi connectivity index (χ3v) is 4.90. The van der Waals surface area contributed by atoms with E-state index in [1.165, 1.54) is 4.88 Å². The first-order valence-corrected chi connectivity index (χ1v) is 9.10. The Hall–Kier alpha value is -3.33. The second-order valence-corrected chi connectivity index (χ2v) is 7.23. The lowest BCUT2D eigenvalue weighted by Crippen LogP contribution is -2.27. The van der Waals surface area contributed by atoms with Crippen LogP contribution in [0.3, 0.4) is 0 Å². The molecule has 1 amide bonds. The first-order chi connectivity index (χ1) is 13.1. The van der Waals surface area contributed by atoms with Gasteiger partial charge in [0, 0.05) is 11.1 Å². The Morgan fingerprint density at radius 1 is 1.30 bits per heavy atom. The van der Waals surface area contributed by atoms with Crippen LogP contribution in [0.5, 0.6) is 0 Å². The standard InChI is InChI=1S/C18H16N6O2S/c1-10-6-7-15(27-10)13-9-14(23-22-13)17(25)20-11(2)18-21-16(24-26-18)12-5-3-4-8-19-12/h3-9,11H,1-2H3,(H,20,25)(H,22,23)/t11-/m1/s1. The van der Waals surface area contributed by atoms with Gasteiger partial charge in [-0.3, -0.25) is 14.9 Å². The second-order valence-electron chi connectivity index (χ2n) is 5.94. The highest BCUT2D eigenvalue weighted by Gasteiger charge is 2.20. The maximum atomic E-state index is 12.5. The number of aromatic amines is 1. The molecule has 0 bridgehead atoms. The lowest BCUT2D eigenvalue weighted by atomic mass is 10.2. The van der Waals surface area contributed by atoms with Crippen LogP contribution in [0.1, 0.15) is 34.2 Å². The molecule has 0 saturated carbocycles. The molecule has 27 heavy (non-hydrogen) atoms. The SMILES string of the molecule is Cc1ccc(-c2cc(C(=O)N[C@H](C)c3nc(-c4ccccn4)no3)n[nH]2)s1. The number of nitrogens with one attached hydrogen (secondary N) is 2. The van der Waals surface area contributed by atoms with Crippen molar-refractivity contribution in [2.24, 2.45) is 0 Å². The molecule has 0 saturated heterocycles. The molecule has 0 fully saturated rings. The number of aromatic nitrogens is 5. The Labute approximate surface area is 158 Å². The number of H-pyrrole nitrogens is 1. The predicted octanol–water partition coefficient (Wildman–Crippen LogP) is 3.38. The van der Waals surface area contributed by atoms with Crippen LogP contribution in [-0.2, 0) is 0 Å². The first kappa shape index (κ1) is 17.1. The summed E-state index contributed by atoms with van der Waals surface area (Å²) in [4.78, 5) is 23.2. The molecule has 4 aromatic heterocycles. The molecule has 8 nitrogen and oxygen atoms in total. The third-order valence-electron chi connectivity index (χ3n) is 3.87. The average Bonchev–Trinajstić information content (AvgIpc) is 3.42. The molecule has 0 radical (unpaired) electrons. The molecule has 0 aliphatic rings. The first-order valence-electron chi connectivity index (χ1n) is 8.28. The van der Waals surface area contributed by atoms with Crippen LogP contribution >= 0.6 is 11.3 Å². The van der Waals surface area contributed by atoms with Crippen molar-refractivity contribution >= 4 is 17.2 Å². The van der Waals surface area contributed by atoms with Crippen molar-refractivity contribution in [3.05, 3.63) is 59.1 Å². The van der Waals surface area contributed by atoms with E-state index in [1.807, 2.05) is 31.2 Å². The zero-order chi connectivity index (χ0) is 18.8. The number of carbonyl (C=O) groups is 1. The Morgan fingerprint density at radius 2 is 2.19 bits per heavy atom. The summed E-state index contributed by atoms with van der Waals surface area (Å²) in [7, 11) is 0. The molecule has 9 heteroatoms. The van der Waals surface area contributed by atoms with Gasteiger partial charge in [0.15, 0.2) is 5.69 Å². The molecule has 1 atom stereocenters. The number of hydrogen-bond donors (Lipinski definition) is 2. The summed E-state index contributed by atoms with van der Waals surface area (Å²) in [6.07, 6.45) is 1.65. The van der Waals surface area contributed by atoms with E-state index in [9.17, 15) is 4.79 Å². The zero-order valence-electron chi connectivity index (χ0n) is 14.6. The smallest absolute Gasteiger partial charge is 0.272 e. The average molecular weight is 380 g/mol. The van der Waals surface area contributed by atoms with E-state index in [0.29, 0.717) is 23.1 Å². The number of nitrogens with zero attached hydrogens (tertiary/aromatic N) is 4. The van der Waals surface area contributed by atoms with Crippen LogP contribution in [0.2, 0.25) is 0 Å². The molecule has 4 rings (SSSR count). The van der Waals surface area contributed by atoms with E-state index < -0.39 is 6.04 Å². The maximum absolute atomic E-state index is 12.5. The minimum absolute atomic E-state index is 0.298. The van der Waals surface area contributed by atoms with Crippen molar-refractivity contribution in [3.63, 3.8) is 0 Å². The minimum atomic E-state index is -0.466. The molecule has 0 spiro atoms. The van der Waals surface area contributed by atoms with Gasteiger partial charge in [-0.05, 0) is 44.2 Å². The summed E-state index contributed by atoms with van der Waals surface area (Å²) in [5.74, 6) is 0.353. The van der Waals surface area contributed by atoms with E-state index in [2.05, 4.69) is 30.6 Å². The van der Waals surface area contributed by atoms with Crippen molar-refractivity contribution in [1.82, 2.24) is 30.6 Å². The molecule has 0 aliphatic carbocycles. The highest BCUT2D eigenvalue weighted by molar-refractivity contribution is 7.15. The number of hydrogen-bond acceptors (Lipinski definition) is 7. The number of carbonyl (C=O) groups excluding carboxylic acids is 1. The summed E-state index contributed by atoms with van der Waals surface area (Å²) >= 11 is 1.64. The molecule has 136 valence electrons. The second kappa shape index (κ2) is 7.12. The Morgan fingerprint density at radius 3 is 2.93 bits per heavy atom. The molecule has 2 N–H and O–H groups in total. The van der Waals surface area contributed by atoms with E-state index >= 15 is 0 Å². The van der Waals surface area contributed by atoms with Gasteiger partial charge in [0.05, 0.1) is 10.6 Å². The lowest BCUT2D eigenvalue weighted by molar-refractivity contribution is 0.0927. The third kappa shape index (κ3) is 3.63. The van der Waals surface area contributed by atoms with Gasteiger partial charge in [0.2, 0.25) is 11.7 Å². The Bertz CT molecular complexity index is 1070. The van der Waals surface area contributed by atoms with Crippen molar-refractivity contribution in [1.29, 1.82) is 0 Å².